The first-order valence-electron chi connectivity index (χ1n) is 10.7. The van der Waals surface area contributed by atoms with Crippen LogP contribution < -0.4 is 10.7 Å². The van der Waals surface area contributed by atoms with Crippen molar-refractivity contribution in [2.45, 2.75) is 38.5 Å². The fourth-order valence-electron chi connectivity index (χ4n) is 3.42. The first kappa shape index (κ1) is 25.2. The van der Waals surface area contributed by atoms with Crippen molar-refractivity contribution in [1.82, 2.24) is 14.7 Å². The maximum absolute atomic E-state index is 13.1. The largest absolute Gasteiger partial charge is 0.361 e. The van der Waals surface area contributed by atoms with Crippen LogP contribution >= 0.6 is 23.8 Å². The Labute approximate surface area is 205 Å². The number of H-pyrrole nitrogens is 1. The van der Waals surface area contributed by atoms with E-state index >= 15 is 0 Å². The van der Waals surface area contributed by atoms with Gasteiger partial charge in [0.15, 0.2) is 5.11 Å². The van der Waals surface area contributed by atoms with E-state index in [9.17, 15) is 8.42 Å². The van der Waals surface area contributed by atoms with Gasteiger partial charge in [0.25, 0.3) is 0 Å². The highest BCUT2D eigenvalue weighted by molar-refractivity contribution is 7.89. The molecule has 0 saturated carbocycles. The molecule has 3 N–H and O–H groups in total. The smallest absolute Gasteiger partial charge is 0.243 e. The SMILES string of the molecule is CCCN(CCC)S(=O)(=O)c1ccc2[nH]cc(/C=N\NC(=S)Nc3ccc(C)cc3Cl)c2c1. The molecule has 2 aromatic carbocycles. The molecule has 0 spiro atoms. The number of hydrogen-bond donors (Lipinski definition) is 3. The summed E-state index contributed by atoms with van der Waals surface area (Å²) in [6.07, 6.45) is 4.89. The Hall–Kier alpha value is -2.46. The monoisotopic (exact) mass is 505 g/mol. The second kappa shape index (κ2) is 11.1. The summed E-state index contributed by atoms with van der Waals surface area (Å²) in [4.78, 5) is 3.41. The number of nitrogens with zero attached hydrogens (tertiary/aromatic N) is 2. The van der Waals surface area contributed by atoms with Crippen LogP contribution in [0.2, 0.25) is 5.02 Å². The molecule has 7 nitrogen and oxygen atoms in total. The van der Waals surface area contributed by atoms with E-state index < -0.39 is 10.0 Å². The van der Waals surface area contributed by atoms with Crippen molar-refractivity contribution >= 4 is 61.8 Å². The van der Waals surface area contributed by atoms with Gasteiger partial charge >= 0.3 is 0 Å². The zero-order chi connectivity index (χ0) is 24.0. The van der Waals surface area contributed by atoms with Crippen LogP contribution in [0.3, 0.4) is 0 Å². The van der Waals surface area contributed by atoms with Crippen LogP contribution in [-0.2, 0) is 10.0 Å². The van der Waals surface area contributed by atoms with Crippen LogP contribution in [0, 0.1) is 6.92 Å². The number of anilines is 1. The summed E-state index contributed by atoms with van der Waals surface area (Å²) in [5, 5.41) is 8.80. The number of halogens is 1. The molecule has 1 heterocycles. The van der Waals surface area contributed by atoms with E-state index in [0.717, 1.165) is 34.9 Å². The van der Waals surface area contributed by atoms with Crippen LogP contribution in [-0.4, -0.2) is 42.1 Å². The highest BCUT2D eigenvalue weighted by Crippen LogP contribution is 2.24. The second-order valence-corrected chi connectivity index (χ2v) is 10.4. The molecule has 1 aromatic heterocycles. The lowest BCUT2D eigenvalue weighted by Crippen LogP contribution is -2.32. The molecule has 0 saturated heterocycles. The average molecular weight is 506 g/mol. The molecule has 0 aliphatic carbocycles. The van der Waals surface area contributed by atoms with Gasteiger partial charge in [-0.25, -0.2) is 8.42 Å². The molecule has 0 radical (unpaired) electrons. The second-order valence-electron chi connectivity index (χ2n) is 7.66. The number of thiocarbonyl (C=S) groups is 1. The number of aromatic amines is 1. The van der Waals surface area contributed by atoms with Gasteiger partial charge in [-0.15, -0.1) is 0 Å². The Kier molecular flexibility index (Phi) is 8.47. The Morgan fingerprint density at radius 2 is 1.91 bits per heavy atom. The summed E-state index contributed by atoms with van der Waals surface area (Å²) in [5.74, 6) is 0. The zero-order valence-electron chi connectivity index (χ0n) is 18.9. The van der Waals surface area contributed by atoms with Gasteiger partial charge in [-0.3, -0.25) is 5.43 Å². The van der Waals surface area contributed by atoms with Gasteiger partial charge in [0.05, 0.1) is 21.8 Å². The minimum atomic E-state index is -3.57. The molecule has 0 amide bonds. The van der Waals surface area contributed by atoms with Crippen LogP contribution in [0.5, 0.6) is 0 Å². The third kappa shape index (κ3) is 6.11. The fourth-order valence-corrected chi connectivity index (χ4v) is 5.52. The number of benzene rings is 2. The van der Waals surface area contributed by atoms with Gasteiger partial charge in [-0.2, -0.15) is 9.41 Å². The van der Waals surface area contributed by atoms with Crippen molar-refractivity contribution in [2.24, 2.45) is 5.10 Å². The van der Waals surface area contributed by atoms with Gasteiger partial charge in [-0.1, -0.05) is 31.5 Å². The van der Waals surface area contributed by atoms with Crippen molar-refractivity contribution in [3.8, 4) is 0 Å². The highest BCUT2D eigenvalue weighted by Gasteiger charge is 2.23. The first-order valence-corrected chi connectivity index (χ1v) is 13.0. The molecule has 33 heavy (non-hydrogen) atoms. The van der Waals surface area contributed by atoms with E-state index in [1.54, 1.807) is 30.6 Å². The molecular formula is C23H28ClN5O2S2. The summed E-state index contributed by atoms with van der Waals surface area (Å²) in [5.41, 5.74) is 6.05. The Morgan fingerprint density at radius 1 is 1.18 bits per heavy atom. The number of sulfonamides is 1. The maximum atomic E-state index is 13.1. The number of aryl methyl sites for hydroxylation is 1. The molecule has 0 fully saturated rings. The summed E-state index contributed by atoms with van der Waals surface area (Å²) in [7, 11) is -3.57. The van der Waals surface area contributed by atoms with Crippen LogP contribution in [0.15, 0.2) is 52.6 Å². The van der Waals surface area contributed by atoms with E-state index in [-0.39, 0.29) is 10.0 Å². The van der Waals surface area contributed by atoms with Crippen molar-refractivity contribution in [1.29, 1.82) is 0 Å². The lowest BCUT2D eigenvalue weighted by atomic mass is 10.2. The molecule has 0 aliphatic heterocycles. The van der Waals surface area contributed by atoms with Crippen LogP contribution in [0.25, 0.3) is 10.9 Å². The van der Waals surface area contributed by atoms with Gasteiger partial charge < -0.3 is 10.3 Å². The van der Waals surface area contributed by atoms with Gasteiger partial charge in [0.1, 0.15) is 0 Å². The molecule has 0 aliphatic rings. The summed E-state index contributed by atoms with van der Waals surface area (Å²) >= 11 is 11.5. The lowest BCUT2D eigenvalue weighted by Gasteiger charge is -2.21. The Morgan fingerprint density at radius 3 is 2.58 bits per heavy atom. The summed E-state index contributed by atoms with van der Waals surface area (Å²) in [6, 6.07) is 10.7. The topological polar surface area (TPSA) is 89.6 Å². The average Bonchev–Trinajstić information content (AvgIpc) is 3.18. The van der Waals surface area contributed by atoms with Gasteiger partial charge in [0, 0.05) is 35.8 Å². The van der Waals surface area contributed by atoms with Crippen LogP contribution in [0.4, 0.5) is 5.69 Å². The fraction of sp³-hybridized carbons (Fsp3) is 0.304. The third-order valence-corrected chi connectivity index (χ3v) is 7.41. The molecule has 0 bridgehead atoms. The highest BCUT2D eigenvalue weighted by atomic mass is 35.5. The molecule has 10 heteroatoms. The molecular weight excluding hydrogens is 478 g/mol. The van der Waals surface area contributed by atoms with Gasteiger partial charge in [0.2, 0.25) is 10.0 Å². The third-order valence-electron chi connectivity index (χ3n) is 5.01. The predicted octanol–water partition coefficient (Wildman–Crippen LogP) is 5.26. The standard InChI is InChI=1S/C23H28ClN5O2S2/c1-4-10-29(11-5-2)33(30,31)18-7-9-21-19(13-18)17(14-25-21)15-26-28-23(32)27-22-8-6-16(3)12-20(22)24/h6-9,12-15,25H,4-5,10-11H2,1-3H3,(H2,27,28,32)/b26-15-. The maximum Gasteiger partial charge on any atom is 0.243 e. The van der Waals surface area contributed by atoms with Gasteiger partial charge in [-0.05, 0) is 67.9 Å². The van der Waals surface area contributed by atoms with Crippen molar-refractivity contribution in [3.63, 3.8) is 0 Å². The molecule has 0 atom stereocenters. The minimum Gasteiger partial charge on any atom is -0.361 e. The summed E-state index contributed by atoms with van der Waals surface area (Å²) in [6.45, 7) is 6.89. The lowest BCUT2D eigenvalue weighted by molar-refractivity contribution is 0.410. The number of rotatable bonds is 9. The van der Waals surface area contributed by atoms with Crippen LogP contribution in [0.1, 0.15) is 37.8 Å². The van der Waals surface area contributed by atoms with Crippen molar-refractivity contribution < 1.29 is 8.42 Å². The predicted molar refractivity (Wildman–Crippen MR) is 141 cm³/mol. The summed E-state index contributed by atoms with van der Waals surface area (Å²) < 4.78 is 27.8. The first-order chi connectivity index (χ1) is 15.8. The normalized spacial score (nSPS) is 12.0. The number of fused-ring (bicyclic) bond motifs is 1. The molecule has 176 valence electrons. The molecule has 3 aromatic rings. The Bertz CT molecular complexity index is 1270. The number of nitrogens with one attached hydrogen (secondary N) is 3. The number of hydrogen-bond acceptors (Lipinski definition) is 4. The number of hydrazone groups is 1. The van der Waals surface area contributed by atoms with E-state index in [0.29, 0.717) is 23.8 Å². The van der Waals surface area contributed by atoms with Crippen molar-refractivity contribution in [2.75, 3.05) is 18.4 Å². The molecule has 0 unspecified atom stereocenters. The zero-order valence-corrected chi connectivity index (χ0v) is 21.2. The van der Waals surface area contributed by atoms with E-state index in [1.807, 2.05) is 39.0 Å². The Balaban J connectivity index is 1.77. The van der Waals surface area contributed by atoms with Crippen molar-refractivity contribution in [3.05, 3.63) is 58.7 Å². The number of aromatic nitrogens is 1. The van der Waals surface area contributed by atoms with E-state index in [1.165, 1.54) is 4.31 Å². The quantitative estimate of drug-likeness (QED) is 0.209. The molecule has 3 rings (SSSR count). The minimum absolute atomic E-state index is 0.269. The van der Waals surface area contributed by atoms with E-state index in [4.69, 9.17) is 23.8 Å². The van der Waals surface area contributed by atoms with E-state index in [2.05, 4.69) is 20.8 Å².